The van der Waals surface area contributed by atoms with Crippen molar-refractivity contribution in [2.24, 2.45) is 16.8 Å². The molecule has 2 fully saturated rings. The first-order chi connectivity index (χ1) is 26.8. The molecule has 0 saturated carbocycles. The number of likely N-dealkylation sites (tertiary alicyclic amines) is 2. The second kappa shape index (κ2) is 17.1. The predicted molar refractivity (Wildman–Crippen MR) is 215 cm³/mol. The number of rotatable bonds is 11. The number of hydrogen-bond acceptors (Lipinski definition) is 8. The number of ether oxygens (including phenoxy) is 2. The molecule has 0 unspecified atom stereocenters. The van der Waals surface area contributed by atoms with Crippen LogP contribution in [0.1, 0.15) is 91.1 Å². The minimum Gasteiger partial charge on any atom is -0.453 e. The van der Waals surface area contributed by atoms with Crippen molar-refractivity contribution in [1.29, 1.82) is 0 Å². The molecule has 4 heterocycles. The summed E-state index contributed by atoms with van der Waals surface area (Å²) in [6.07, 6.45) is 6.47. The second-order valence-electron chi connectivity index (χ2n) is 15.9. The van der Waals surface area contributed by atoms with E-state index < -0.39 is 24.3 Å². The number of hydrogen-bond donors (Lipinski definition) is 3. The molecule has 0 bridgehead atoms. The van der Waals surface area contributed by atoms with Gasteiger partial charge in [-0.25, -0.2) is 14.6 Å². The van der Waals surface area contributed by atoms with Gasteiger partial charge >= 0.3 is 12.2 Å². The lowest BCUT2D eigenvalue weighted by Gasteiger charge is -2.33. The van der Waals surface area contributed by atoms with Crippen LogP contribution >= 0.6 is 0 Å². The number of carbonyl (C=O) groups is 4. The molecular formula is C43H55N7O6. The third kappa shape index (κ3) is 8.36. The van der Waals surface area contributed by atoms with E-state index in [1.807, 2.05) is 56.8 Å². The fraction of sp³-hybridized carbons (Fsp3) is 0.488. The van der Waals surface area contributed by atoms with Gasteiger partial charge in [-0.1, -0.05) is 76.2 Å². The van der Waals surface area contributed by atoms with Crippen molar-refractivity contribution in [2.45, 2.75) is 110 Å². The Morgan fingerprint density at radius 1 is 0.696 bits per heavy atom. The average Bonchev–Trinajstić information content (AvgIpc) is 4.02. The van der Waals surface area contributed by atoms with Gasteiger partial charge in [-0.15, -0.1) is 0 Å². The molecule has 4 amide bonds. The molecule has 1 aromatic heterocycles. The molecule has 6 rings (SSSR count). The lowest BCUT2D eigenvalue weighted by atomic mass is 9.95. The van der Waals surface area contributed by atoms with Gasteiger partial charge in [0.05, 0.1) is 38.2 Å². The Morgan fingerprint density at radius 2 is 1.16 bits per heavy atom. The Labute approximate surface area is 329 Å². The van der Waals surface area contributed by atoms with Crippen molar-refractivity contribution >= 4 is 35.3 Å². The molecule has 0 radical (unpaired) electrons. The lowest BCUT2D eigenvalue weighted by molar-refractivity contribution is -0.137. The molecule has 3 N–H and O–H groups in total. The zero-order valence-corrected chi connectivity index (χ0v) is 33.7. The first kappa shape index (κ1) is 40.2. The summed E-state index contributed by atoms with van der Waals surface area (Å²) < 4.78 is 9.57. The van der Waals surface area contributed by atoms with Crippen LogP contribution in [0.15, 0.2) is 65.9 Å². The van der Waals surface area contributed by atoms with Crippen molar-refractivity contribution in [3.05, 3.63) is 72.3 Å². The highest BCUT2D eigenvalue weighted by molar-refractivity contribution is 6.04. The van der Waals surface area contributed by atoms with Gasteiger partial charge in [-0.3, -0.25) is 14.6 Å². The van der Waals surface area contributed by atoms with E-state index in [1.165, 1.54) is 14.2 Å². The van der Waals surface area contributed by atoms with E-state index in [0.29, 0.717) is 6.42 Å². The number of imidazole rings is 1. The number of nitrogens with zero attached hydrogens (tertiary/aromatic N) is 4. The zero-order chi connectivity index (χ0) is 40.3. The summed E-state index contributed by atoms with van der Waals surface area (Å²) in [6.45, 7) is 11.7. The van der Waals surface area contributed by atoms with E-state index in [4.69, 9.17) is 19.5 Å². The Bertz CT molecular complexity index is 1970. The molecule has 298 valence electrons. The Morgan fingerprint density at radius 3 is 1.66 bits per heavy atom. The smallest absolute Gasteiger partial charge is 0.407 e. The van der Waals surface area contributed by atoms with Gasteiger partial charge in [0, 0.05) is 30.4 Å². The van der Waals surface area contributed by atoms with Crippen LogP contribution in [-0.2, 0) is 19.1 Å². The van der Waals surface area contributed by atoms with Crippen LogP contribution in [-0.4, -0.2) is 93.9 Å². The quantitative estimate of drug-likeness (QED) is 0.188. The van der Waals surface area contributed by atoms with Crippen molar-refractivity contribution in [3.8, 4) is 22.4 Å². The highest BCUT2D eigenvalue weighted by Gasteiger charge is 2.43. The Kier molecular flexibility index (Phi) is 12.3. The monoisotopic (exact) mass is 765 g/mol. The van der Waals surface area contributed by atoms with Crippen LogP contribution in [0.25, 0.3) is 28.0 Å². The van der Waals surface area contributed by atoms with Crippen molar-refractivity contribution in [2.75, 3.05) is 14.2 Å². The first-order valence-corrected chi connectivity index (χ1v) is 19.7. The van der Waals surface area contributed by atoms with Gasteiger partial charge in [0.25, 0.3) is 0 Å². The van der Waals surface area contributed by atoms with Crippen LogP contribution < -0.4 is 10.6 Å². The highest BCUT2D eigenvalue weighted by Crippen LogP contribution is 2.37. The largest absolute Gasteiger partial charge is 0.453 e. The van der Waals surface area contributed by atoms with E-state index in [-0.39, 0.29) is 47.8 Å². The van der Waals surface area contributed by atoms with Gasteiger partial charge in [-0.05, 0) is 79.2 Å². The maximum atomic E-state index is 13.8. The molecule has 3 aromatic rings. The number of aliphatic imine (C=N–C) groups is 1. The van der Waals surface area contributed by atoms with E-state index in [1.54, 1.807) is 0 Å². The van der Waals surface area contributed by atoms with E-state index in [2.05, 4.69) is 71.1 Å². The van der Waals surface area contributed by atoms with Gasteiger partial charge < -0.3 is 34.9 Å². The summed E-state index contributed by atoms with van der Waals surface area (Å²) in [4.78, 5) is 68.3. The van der Waals surface area contributed by atoms with Crippen LogP contribution in [0.2, 0.25) is 0 Å². The number of H-pyrrole nitrogens is 1. The molecule has 3 aliphatic heterocycles. The minimum atomic E-state index is -0.701. The van der Waals surface area contributed by atoms with E-state index >= 15 is 0 Å². The zero-order valence-electron chi connectivity index (χ0n) is 33.7. The summed E-state index contributed by atoms with van der Waals surface area (Å²) in [5.74, 6) is 0.272. The molecule has 2 aromatic carbocycles. The number of nitrogens with one attached hydrogen (secondary N) is 3. The van der Waals surface area contributed by atoms with Crippen molar-refractivity contribution in [3.63, 3.8) is 0 Å². The van der Waals surface area contributed by atoms with Gasteiger partial charge in [0.1, 0.15) is 17.9 Å². The predicted octanol–water partition coefficient (Wildman–Crippen LogP) is 7.12. The number of aromatic nitrogens is 2. The molecule has 3 aliphatic rings. The summed E-state index contributed by atoms with van der Waals surface area (Å²) in [5, 5.41) is 5.45. The van der Waals surface area contributed by atoms with Crippen molar-refractivity contribution < 1.29 is 28.7 Å². The maximum Gasteiger partial charge on any atom is 0.407 e. The Balaban J connectivity index is 1.09. The normalized spacial score (nSPS) is 21.8. The summed E-state index contributed by atoms with van der Waals surface area (Å²) in [6, 6.07) is 15.1. The molecule has 2 saturated heterocycles. The topological polar surface area (TPSA) is 158 Å². The van der Waals surface area contributed by atoms with Gasteiger partial charge in [-0.2, -0.15) is 0 Å². The molecule has 56 heavy (non-hydrogen) atoms. The van der Waals surface area contributed by atoms with Crippen LogP contribution in [0.5, 0.6) is 0 Å². The first-order valence-electron chi connectivity index (χ1n) is 19.7. The van der Waals surface area contributed by atoms with Crippen LogP contribution in [0, 0.1) is 11.8 Å². The Hall–Kier alpha value is -5.46. The van der Waals surface area contributed by atoms with E-state index in [9.17, 15) is 19.2 Å². The third-order valence-corrected chi connectivity index (χ3v) is 11.5. The molecule has 6 atom stereocenters. The fourth-order valence-corrected chi connectivity index (χ4v) is 8.23. The summed E-state index contributed by atoms with van der Waals surface area (Å²) in [7, 11) is 2.59. The average molecular weight is 766 g/mol. The van der Waals surface area contributed by atoms with E-state index in [0.717, 1.165) is 70.7 Å². The number of amides is 4. The fourth-order valence-electron chi connectivity index (χ4n) is 8.23. The summed E-state index contributed by atoms with van der Waals surface area (Å²) in [5.41, 5.74) is 7.16. The minimum absolute atomic E-state index is 0.00458. The third-order valence-electron chi connectivity index (χ3n) is 11.5. The van der Waals surface area contributed by atoms with Gasteiger partial charge in [0.15, 0.2) is 0 Å². The lowest BCUT2D eigenvalue weighted by Crippen LogP contribution is -2.55. The number of benzene rings is 2. The van der Waals surface area contributed by atoms with Gasteiger partial charge in [0.2, 0.25) is 11.8 Å². The second-order valence-corrected chi connectivity index (χ2v) is 15.9. The molecule has 13 heteroatoms. The maximum absolute atomic E-state index is 13.8. The molecule has 13 nitrogen and oxygen atoms in total. The SMILES string of the molecule is COC(=O)N[C@H](C(=O)N1[C@@H](C)CC[C@H]1C1=NC=C(c2ccc(-c3ccc(-c4cnc([C@@H]5CC[C@H](C)N5C(=O)[C@@H](NC(=O)OC)C(C)C)[nH]4)cc3)cc2)C1)C(C)C. The van der Waals surface area contributed by atoms with Crippen LogP contribution in [0.4, 0.5) is 9.59 Å². The number of alkyl carbamates (subject to hydrolysis) is 2. The number of methoxy groups -OCH3 is 2. The van der Waals surface area contributed by atoms with Crippen molar-refractivity contribution in [1.82, 2.24) is 30.4 Å². The number of aromatic amines is 1. The molecule has 0 aliphatic carbocycles. The van der Waals surface area contributed by atoms with Crippen LogP contribution in [0.3, 0.4) is 0 Å². The summed E-state index contributed by atoms with van der Waals surface area (Å²) >= 11 is 0. The number of carbonyl (C=O) groups excluding carboxylic acids is 4. The molecule has 0 spiro atoms. The molecular weight excluding hydrogens is 711 g/mol. The standard InChI is InChI=1S/C43H55N7O6/c1-24(2)37(47-42(53)55-7)40(51)49-26(5)9-19-35(49)33-21-32(22-44-33)30-13-11-28(12-14-30)29-15-17-31(18-16-29)34-23-45-39(46-34)36-20-10-27(6)50(36)41(52)38(25(3)4)48-43(54)56-8/h11-18,22-27,35-38H,9-10,19-21H2,1-8H3,(H,45,46)(H,47,53)(H,48,54)/t26-,27-,35-,36-,37-,38-/m0/s1. The number of allylic oxidation sites excluding steroid dienone is 1. The highest BCUT2D eigenvalue weighted by atomic mass is 16.5.